The highest BCUT2D eigenvalue weighted by molar-refractivity contribution is 7.12. The highest BCUT2D eigenvalue weighted by atomic mass is 32.1. The van der Waals surface area contributed by atoms with E-state index in [4.69, 9.17) is 5.11 Å². The van der Waals surface area contributed by atoms with E-state index < -0.39 is 0 Å². The summed E-state index contributed by atoms with van der Waals surface area (Å²) in [7, 11) is 0. The smallest absolute Gasteiger partial charge is 0.220 e. The molecule has 0 saturated carbocycles. The van der Waals surface area contributed by atoms with Crippen molar-refractivity contribution in [3.63, 3.8) is 0 Å². The number of aliphatic hydroxyl groups excluding tert-OH is 1. The Labute approximate surface area is 124 Å². The summed E-state index contributed by atoms with van der Waals surface area (Å²) >= 11 is 1.61. The van der Waals surface area contributed by atoms with Crippen molar-refractivity contribution in [3.05, 3.63) is 21.4 Å². The van der Waals surface area contributed by atoms with Gasteiger partial charge in [-0.15, -0.1) is 11.3 Å². The largest absolute Gasteiger partial charge is 0.396 e. The lowest BCUT2D eigenvalue weighted by Crippen LogP contribution is -2.32. The fourth-order valence-corrected chi connectivity index (χ4v) is 3.03. The van der Waals surface area contributed by atoms with Crippen LogP contribution in [-0.2, 0) is 4.79 Å². The Hall–Kier alpha value is -1.20. The van der Waals surface area contributed by atoms with Gasteiger partial charge in [-0.05, 0) is 39.7 Å². The SMILES string of the molecule is Cc1cc(C(=O)CCC(=O)N[C@H](C)CCCO)c(C)s1. The summed E-state index contributed by atoms with van der Waals surface area (Å²) in [6, 6.07) is 1.93. The molecule has 1 aromatic heterocycles. The maximum atomic E-state index is 12.0. The Bertz CT molecular complexity index is 468. The maximum absolute atomic E-state index is 12.0. The van der Waals surface area contributed by atoms with Gasteiger partial charge in [-0.2, -0.15) is 0 Å². The zero-order chi connectivity index (χ0) is 15.1. The average Bonchev–Trinajstić information content (AvgIpc) is 2.72. The number of hydrogen-bond acceptors (Lipinski definition) is 4. The van der Waals surface area contributed by atoms with E-state index in [-0.39, 0.29) is 37.2 Å². The van der Waals surface area contributed by atoms with E-state index in [9.17, 15) is 9.59 Å². The Morgan fingerprint density at radius 1 is 1.35 bits per heavy atom. The van der Waals surface area contributed by atoms with Gasteiger partial charge in [0.15, 0.2) is 5.78 Å². The summed E-state index contributed by atoms with van der Waals surface area (Å²) in [6.45, 7) is 5.95. The third-order valence-corrected chi connectivity index (χ3v) is 4.09. The second-order valence-corrected chi connectivity index (χ2v) is 6.54. The van der Waals surface area contributed by atoms with E-state index in [0.717, 1.165) is 21.7 Å². The number of aryl methyl sites for hydroxylation is 2. The van der Waals surface area contributed by atoms with Crippen LogP contribution in [0.5, 0.6) is 0 Å². The molecule has 0 unspecified atom stereocenters. The molecule has 0 aliphatic heterocycles. The Morgan fingerprint density at radius 2 is 2.05 bits per heavy atom. The molecular formula is C15H23NO3S. The lowest BCUT2D eigenvalue weighted by molar-refractivity contribution is -0.121. The van der Waals surface area contributed by atoms with E-state index in [0.29, 0.717) is 6.42 Å². The summed E-state index contributed by atoms with van der Waals surface area (Å²) in [6.07, 6.45) is 1.89. The van der Waals surface area contributed by atoms with Gasteiger partial charge >= 0.3 is 0 Å². The number of nitrogens with one attached hydrogen (secondary N) is 1. The first kappa shape index (κ1) is 16.9. The number of hydrogen-bond donors (Lipinski definition) is 2. The van der Waals surface area contributed by atoms with Gasteiger partial charge in [0.05, 0.1) is 0 Å². The molecule has 0 spiro atoms. The second kappa shape index (κ2) is 8.17. The van der Waals surface area contributed by atoms with Crippen LogP contribution in [0.3, 0.4) is 0 Å². The molecule has 0 bridgehead atoms. The quantitative estimate of drug-likeness (QED) is 0.725. The molecule has 0 aliphatic carbocycles. The third kappa shape index (κ3) is 5.43. The van der Waals surface area contributed by atoms with Crippen molar-refractivity contribution in [2.24, 2.45) is 0 Å². The third-order valence-electron chi connectivity index (χ3n) is 3.12. The van der Waals surface area contributed by atoms with Crippen molar-refractivity contribution in [2.75, 3.05) is 6.61 Å². The molecule has 0 fully saturated rings. The summed E-state index contributed by atoms with van der Waals surface area (Å²) in [5.74, 6) is -0.0709. The highest BCUT2D eigenvalue weighted by Crippen LogP contribution is 2.22. The number of carbonyl (C=O) groups excluding carboxylic acids is 2. The van der Waals surface area contributed by atoms with Crippen molar-refractivity contribution < 1.29 is 14.7 Å². The normalized spacial score (nSPS) is 12.2. The minimum atomic E-state index is -0.103. The molecular weight excluding hydrogens is 274 g/mol. The van der Waals surface area contributed by atoms with E-state index in [1.807, 2.05) is 26.8 Å². The lowest BCUT2D eigenvalue weighted by atomic mass is 10.1. The van der Waals surface area contributed by atoms with Crippen LogP contribution in [0.4, 0.5) is 0 Å². The first-order valence-corrected chi connectivity index (χ1v) is 7.76. The standard InChI is InChI=1S/C15H23NO3S/c1-10(5-4-8-17)16-15(19)7-6-14(18)13-9-11(2)20-12(13)3/h9-10,17H,4-8H2,1-3H3,(H,16,19)/t10-/m1/s1. The zero-order valence-electron chi connectivity index (χ0n) is 12.4. The fourth-order valence-electron chi connectivity index (χ4n) is 2.09. The van der Waals surface area contributed by atoms with Crippen LogP contribution in [0.2, 0.25) is 0 Å². The van der Waals surface area contributed by atoms with Gasteiger partial charge in [0.25, 0.3) is 0 Å². The Balaban J connectivity index is 2.37. The van der Waals surface area contributed by atoms with Gasteiger partial charge in [0.1, 0.15) is 0 Å². The van der Waals surface area contributed by atoms with Gasteiger partial charge in [-0.25, -0.2) is 0 Å². The van der Waals surface area contributed by atoms with Crippen molar-refractivity contribution in [3.8, 4) is 0 Å². The number of aliphatic hydroxyl groups is 1. The number of ketones is 1. The molecule has 5 heteroatoms. The molecule has 112 valence electrons. The van der Waals surface area contributed by atoms with Crippen molar-refractivity contribution in [2.45, 2.75) is 52.5 Å². The summed E-state index contributed by atoms with van der Waals surface area (Å²) in [5, 5.41) is 11.6. The van der Waals surface area contributed by atoms with Crippen LogP contribution in [0.15, 0.2) is 6.07 Å². The van der Waals surface area contributed by atoms with Crippen LogP contribution in [0.25, 0.3) is 0 Å². The predicted molar refractivity (Wildman–Crippen MR) is 81.3 cm³/mol. The maximum Gasteiger partial charge on any atom is 0.220 e. The van der Waals surface area contributed by atoms with E-state index >= 15 is 0 Å². The average molecular weight is 297 g/mol. The van der Waals surface area contributed by atoms with Gasteiger partial charge in [0, 0.05) is 40.8 Å². The highest BCUT2D eigenvalue weighted by Gasteiger charge is 2.14. The van der Waals surface area contributed by atoms with Crippen molar-refractivity contribution in [1.29, 1.82) is 0 Å². The Morgan fingerprint density at radius 3 is 2.60 bits per heavy atom. The summed E-state index contributed by atoms with van der Waals surface area (Å²) < 4.78 is 0. The molecule has 4 nitrogen and oxygen atoms in total. The number of thiophene rings is 1. The van der Waals surface area contributed by atoms with Crippen LogP contribution in [0, 0.1) is 13.8 Å². The topological polar surface area (TPSA) is 66.4 Å². The zero-order valence-corrected chi connectivity index (χ0v) is 13.2. The van der Waals surface area contributed by atoms with Crippen LogP contribution in [0.1, 0.15) is 52.7 Å². The molecule has 0 saturated heterocycles. The van der Waals surface area contributed by atoms with Crippen molar-refractivity contribution >= 4 is 23.0 Å². The molecule has 0 aromatic carbocycles. The molecule has 2 N–H and O–H groups in total. The summed E-state index contributed by atoms with van der Waals surface area (Å²) in [4.78, 5) is 25.9. The van der Waals surface area contributed by atoms with Crippen LogP contribution < -0.4 is 5.32 Å². The fraction of sp³-hybridized carbons (Fsp3) is 0.600. The Kier molecular flexibility index (Phi) is 6.88. The molecule has 1 amide bonds. The van der Waals surface area contributed by atoms with E-state index in [1.165, 1.54) is 0 Å². The van der Waals surface area contributed by atoms with Crippen molar-refractivity contribution in [1.82, 2.24) is 5.32 Å². The lowest BCUT2D eigenvalue weighted by Gasteiger charge is -2.12. The molecule has 1 aromatic rings. The van der Waals surface area contributed by atoms with Gasteiger partial charge < -0.3 is 10.4 Å². The van der Waals surface area contributed by atoms with Gasteiger partial charge in [0.2, 0.25) is 5.91 Å². The van der Waals surface area contributed by atoms with Gasteiger partial charge in [-0.1, -0.05) is 0 Å². The second-order valence-electron chi connectivity index (χ2n) is 5.08. The predicted octanol–water partition coefficient (Wildman–Crippen LogP) is 2.61. The number of Topliss-reactive ketones (excluding diaryl/α,β-unsaturated/α-hetero) is 1. The van der Waals surface area contributed by atoms with E-state index in [2.05, 4.69) is 5.32 Å². The minimum absolute atomic E-state index is 0.0324. The molecule has 20 heavy (non-hydrogen) atoms. The van der Waals surface area contributed by atoms with Gasteiger partial charge in [-0.3, -0.25) is 9.59 Å². The molecule has 1 rings (SSSR count). The number of rotatable bonds is 8. The first-order chi connectivity index (χ1) is 9.43. The monoisotopic (exact) mass is 297 g/mol. The molecule has 1 atom stereocenters. The minimum Gasteiger partial charge on any atom is -0.396 e. The van der Waals surface area contributed by atoms with E-state index in [1.54, 1.807) is 11.3 Å². The van der Waals surface area contributed by atoms with Crippen LogP contribution in [-0.4, -0.2) is 29.4 Å². The number of carbonyl (C=O) groups is 2. The summed E-state index contributed by atoms with van der Waals surface area (Å²) in [5.41, 5.74) is 0.744. The number of amides is 1. The molecule has 0 aliphatic rings. The van der Waals surface area contributed by atoms with Crippen LogP contribution >= 0.6 is 11.3 Å². The molecule has 1 heterocycles. The molecule has 0 radical (unpaired) electrons. The first-order valence-electron chi connectivity index (χ1n) is 6.94.